The summed E-state index contributed by atoms with van der Waals surface area (Å²) in [6.07, 6.45) is 2.22. The Morgan fingerprint density at radius 2 is 2.22 bits per heavy atom. The van der Waals surface area contributed by atoms with E-state index in [1.807, 2.05) is 0 Å². The van der Waals surface area contributed by atoms with E-state index in [4.69, 9.17) is 20.3 Å². The number of ether oxygens (including phenoxy) is 2. The van der Waals surface area contributed by atoms with Crippen LogP contribution in [0.25, 0.3) is 0 Å². The van der Waals surface area contributed by atoms with Gasteiger partial charge < -0.3 is 20.3 Å². The third kappa shape index (κ3) is 5.26. The first-order valence-electron chi connectivity index (χ1n) is 5.86. The molecule has 0 radical (unpaired) electrons. The molecule has 7 nitrogen and oxygen atoms in total. The van der Waals surface area contributed by atoms with Gasteiger partial charge in [-0.05, 0) is 13.0 Å². The zero-order chi connectivity index (χ0) is 13.2. The Morgan fingerprint density at radius 1 is 1.39 bits per heavy atom. The van der Waals surface area contributed by atoms with Crippen LogP contribution in [0.2, 0.25) is 0 Å². The lowest BCUT2D eigenvalue weighted by Gasteiger charge is -2.07. The van der Waals surface area contributed by atoms with Gasteiger partial charge in [-0.15, -0.1) is 0 Å². The summed E-state index contributed by atoms with van der Waals surface area (Å²) in [7, 11) is 0. The third-order valence-corrected chi connectivity index (χ3v) is 2.14. The topological polar surface area (TPSA) is 99.6 Å². The van der Waals surface area contributed by atoms with E-state index >= 15 is 0 Å². The zero-order valence-corrected chi connectivity index (χ0v) is 10.2. The smallest absolute Gasteiger partial charge is 0.270 e. The molecule has 0 amide bonds. The quantitative estimate of drug-likeness (QED) is 0.549. The van der Waals surface area contributed by atoms with Gasteiger partial charge in [0.05, 0.1) is 39.2 Å². The monoisotopic (exact) mass is 257 g/mol. The maximum absolute atomic E-state index is 11.6. The van der Waals surface area contributed by atoms with Crippen molar-refractivity contribution >= 4 is 0 Å². The number of hydrogen-bond donors (Lipinski definition) is 2. The van der Waals surface area contributed by atoms with Crippen molar-refractivity contribution < 1.29 is 14.6 Å². The van der Waals surface area contributed by atoms with Gasteiger partial charge in [0, 0.05) is 6.07 Å². The predicted octanol–water partition coefficient (Wildman–Crippen LogP) is -1.02. The zero-order valence-electron chi connectivity index (χ0n) is 10.2. The summed E-state index contributed by atoms with van der Waals surface area (Å²) < 4.78 is 11.6. The van der Waals surface area contributed by atoms with Crippen molar-refractivity contribution in [3.8, 4) is 5.75 Å². The molecule has 0 unspecified atom stereocenters. The Morgan fingerprint density at radius 3 is 2.89 bits per heavy atom. The van der Waals surface area contributed by atoms with Crippen molar-refractivity contribution in [1.82, 2.24) is 9.78 Å². The van der Waals surface area contributed by atoms with E-state index in [1.165, 1.54) is 16.9 Å². The second-order valence-corrected chi connectivity index (χ2v) is 3.58. The first kappa shape index (κ1) is 14.6. The molecule has 102 valence electrons. The number of nitrogens with zero attached hydrogens (tertiary/aromatic N) is 2. The van der Waals surface area contributed by atoms with E-state index in [2.05, 4.69) is 5.10 Å². The number of hydrogen-bond acceptors (Lipinski definition) is 6. The normalized spacial score (nSPS) is 10.6. The molecule has 18 heavy (non-hydrogen) atoms. The highest BCUT2D eigenvalue weighted by Gasteiger charge is 2.01. The fourth-order valence-electron chi connectivity index (χ4n) is 1.25. The van der Waals surface area contributed by atoms with Crippen molar-refractivity contribution in [2.75, 3.05) is 33.0 Å². The maximum Gasteiger partial charge on any atom is 0.270 e. The molecule has 0 saturated heterocycles. The molecular weight excluding hydrogens is 238 g/mol. The summed E-state index contributed by atoms with van der Waals surface area (Å²) in [4.78, 5) is 11.6. The molecule has 1 rings (SSSR count). The van der Waals surface area contributed by atoms with Crippen molar-refractivity contribution in [3.63, 3.8) is 0 Å². The second kappa shape index (κ2) is 8.62. The summed E-state index contributed by atoms with van der Waals surface area (Å²) in [6.45, 7) is 1.93. The molecule has 0 aliphatic carbocycles. The number of aliphatic hydroxyl groups excluding tert-OH is 1. The Hall–Kier alpha value is -1.44. The van der Waals surface area contributed by atoms with Crippen LogP contribution in [0.3, 0.4) is 0 Å². The molecule has 0 bridgehead atoms. The first-order valence-corrected chi connectivity index (χ1v) is 5.86. The van der Waals surface area contributed by atoms with Crippen LogP contribution in [0.5, 0.6) is 5.75 Å². The highest BCUT2D eigenvalue weighted by atomic mass is 16.5. The van der Waals surface area contributed by atoms with Crippen molar-refractivity contribution in [2.45, 2.75) is 13.0 Å². The molecule has 7 heteroatoms. The molecule has 1 aromatic rings. The van der Waals surface area contributed by atoms with Crippen LogP contribution in [0.15, 0.2) is 17.1 Å². The summed E-state index contributed by atoms with van der Waals surface area (Å²) >= 11 is 0. The maximum atomic E-state index is 11.6. The van der Waals surface area contributed by atoms with E-state index in [0.29, 0.717) is 32.1 Å². The minimum atomic E-state index is -0.243. The summed E-state index contributed by atoms with van der Waals surface area (Å²) in [5.41, 5.74) is 5.09. The molecule has 0 aromatic carbocycles. The number of rotatable bonds is 9. The lowest BCUT2D eigenvalue weighted by molar-refractivity contribution is 0.0846. The molecule has 0 atom stereocenters. The van der Waals surface area contributed by atoms with Crippen LogP contribution >= 0.6 is 0 Å². The van der Waals surface area contributed by atoms with Crippen LogP contribution in [-0.4, -0.2) is 47.9 Å². The van der Waals surface area contributed by atoms with Crippen LogP contribution in [0.1, 0.15) is 6.42 Å². The molecule has 1 aromatic heterocycles. The molecule has 0 fully saturated rings. The Labute approximate surface area is 105 Å². The summed E-state index contributed by atoms with van der Waals surface area (Å²) in [6, 6.07) is 1.38. The van der Waals surface area contributed by atoms with Gasteiger partial charge in [-0.1, -0.05) is 0 Å². The lowest BCUT2D eigenvalue weighted by atomic mass is 10.4. The Kier molecular flexibility index (Phi) is 7.00. The minimum Gasteiger partial charge on any atom is -0.492 e. The van der Waals surface area contributed by atoms with Gasteiger partial charge in [0.15, 0.2) is 0 Å². The van der Waals surface area contributed by atoms with Crippen molar-refractivity contribution in [3.05, 3.63) is 22.6 Å². The fraction of sp³-hybridized carbons (Fsp3) is 0.636. The van der Waals surface area contributed by atoms with Gasteiger partial charge in [0.2, 0.25) is 0 Å². The molecule has 1 heterocycles. The van der Waals surface area contributed by atoms with Crippen molar-refractivity contribution in [1.29, 1.82) is 0 Å². The third-order valence-electron chi connectivity index (χ3n) is 2.14. The average molecular weight is 257 g/mol. The van der Waals surface area contributed by atoms with E-state index < -0.39 is 0 Å². The minimum absolute atomic E-state index is 0.0315. The average Bonchev–Trinajstić information content (AvgIpc) is 2.37. The second-order valence-electron chi connectivity index (χ2n) is 3.58. The molecular formula is C11H19N3O4. The summed E-state index contributed by atoms with van der Waals surface area (Å²) in [5.74, 6) is 0.445. The highest BCUT2D eigenvalue weighted by molar-refractivity contribution is 5.13. The van der Waals surface area contributed by atoms with Crippen LogP contribution in [-0.2, 0) is 11.3 Å². The molecule has 0 saturated carbocycles. The fourth-order valence-corrected chi connectivity index (χ4v) is 1.25. The van der Waals surface area contributed by atoms with E-state index in [-0.39, 0.29) is 18.8 Å². The van der Waals surface area contributed by atoms with Gasteiger partial charge in [-0.3, -0.25) is 4.79 Å². The van der Waals surface area contributed by atoms with Crippen LogP contribution in [0.4, 0.5) is 0 Å². The molecule has 0 aliphatic rings. The summed E-state index contributed by atoms with van der Waals surface area (Å²) in [5, 5.41) is 12.5. The van der Waals surface area contributed by atoms with Gasteiger partial charge in [-0.25, -0.2) is 4.68 Å². The van der Waals surface area contributed by atoms with Crippen LogP contribution < -0.4 is 16.0 Å². The Balaban J connectivity index is 2.44. The van der Waals surface area contributed by atoms with Crippen molar-refractivity contribution in [2.24, 2.45) is 5.73 Å². The predicted molar refractivity (Wildman–Crippen MR) is 65.6 cm³/mol. The molecule has 3 N–H and O–H groups in total. The number of aliphatic hydroxyl groups is 1. The molecule has 0 spiro atoms. The SMILES string of the molecule is NCCCOc1cnn(CCOCCO)c(=O)c1. The first-order chi connectivity index (χ1) is 8.77. The lowest BCUT2D eigenvalue weighted by Crippen LogP contribution is -2.24. The highest BCUT2D eigenvalue weighted by Crippen LogP contribution is 2.03. The van der Waals surface area contributed by atoms with E-state index in [9.17, 15) is 4.79 Å². The van der Waals surface area contributed by atoms with Gasteiger partial charge >= 0.3 is 0 Å². The van der Waals surface area contributed by atoms with Gasteiger partial charge in [0.1, 0.15) is 5.75 Å². The van der Waals surface area contributed by atoms with E-state index in [1.54, 1.807) is 0 Å². The van der Waals surface area contributed by atoms with Gasteiger partial charge in [0.25, 0.3) is 5.56 Å². The van der Waals surface area contributed by atoms with Crippen LogP contribution in [0, 0.1) is 0 Å². The largest absolute Gasteiger partial charge is 0.492 e. The number of nitrogens with two attached hydrogens (primary N) is 1. The molecule has 0 aliphatic heterocycles. The van der Waals surface area contributed by atoms with Gasteiger partial charge in [-0.2, -0.15) is 5.10 Å². The van der Waals surface area contributed by atoms with E-state index in [0.717, 1.165) is 6.42 Å². The Bertz CT molecular complexity index is 394. The number of aromatic nitrogens is 2. The standard InChI is InChI=1S/C11H19N3O4/c12-2-1-5-18-10-8-11(16)14(13-9-10)3-6-17-7-4-15/h8-9,15H,1-7,12H2.